The van der Waals surface area contributed by atoms with Crippen LogP contribution in [0.2, 0.25) is 0 Å². The lowest BCUT2D eigenvalue weighted by molar-refractivity contribution is 0.0946. The van der Waals surface area contributed by atoms with Gasteiger partial charge >= 0.3 is 0 Å². The van der Waals surface area contributed by atoms with Crippen molar-refractivity contribution in [2.45, 2.75) is 45.9 Å². The summed E-state index contributed by atoms with van der Waals surface area (Å²) < 4.78 is 11.3. The van der Waals surface area contributed by atoms with Gasteiger partial charge in [-0.05, 0) is 32.0 Å². The van der Waals surface area contributed by atoms with E-state index in [-0.39, 0.29) is 0 Å². The summed E-state index contributed by atoms with van der Waals surface area (Å²) in [5.74, 6) is 1.02. The van der Waals surface area contributed by atoms with Gasteiger partial charge in [0.25, 0.3) is 0 Å². The zero-order valence-corrected chi connectivity index (χ0v) is 12.2. The van der Waals surface area contributed by atoms with Crippen molar-refractivity contribution in [2.24, 2.45) is 0 Å². The predicted molar refractivity (Wildman–Crippen MR) is 76.0 cm³/mol. The Hall–Kier alpha value is -0.840. The van der Waals surface area contributed by atoms with Crippen molar-refractivity contribution in [3.8, 4) is 0 Å². The van der Waals surface area contributed by atoms with Crippen LogP contribution in [-0.4, -0.2) is 37.2 Å². The summed E-state index contributed by atoms with van der Waals surface area (Å²) in [4.78, 5) is 2.37. The van der Waals surface area contributed by atoms with E-state index in [1.807, 2.05) is 6.07 Å². The monoisotopic (exact) mass is 266 g/mol. The molecular weight excluding hydrogens is 240 g/mol. The number of rotatable bonds is 10. The second-order valence-corrected chi connectivity index (χ2v) is 5.10. The molecule has 0 atom stereocenters. The van der Waals surface area contributed by atoms with Crippen molar-refractivity contribution in [2.75, 3.05) is 26.2 Å². The topological polar surface area (TPSA) is 37.6 Å². The van der Waals surface area contributed by atoms with E-state index in [4.69, 9.17) is 9.15 Å². The van der Waals surface area contributed by atoms with Crippen molar-refractivity contribution in [1.29, 1.82) is 0 Å². The molecule has 1 fully saturated rings. The van der Waals surface area contributed by atoms with Crippen molar-refractivity contribution in [3.05, 3.63) is 23.7 Å². The van der Waals surface area contributed by atoms with Gasteiger partial charge in [0.1, 0.15) is 5.76 Å². The number of likely N-dealkylation sites (N-methyl/N-ethyl adjacent to an activating group) is 1. The number of nitrogens with zero attached hydrogens (tertiary/aromatic N) is 1. The van der Waals surface area contributed by atoms with Crippen LogP contribution in [0, 0.1) is 0 Å². The van der Waals surface area contributed by atoms with Crippen LogP contribution in [0.15, 0.2) is 16.7 Å². The first-order valence-electron chi connectivity index (χ1n) is 7.42. The van der Waals surface area contributed by atoms with Crippen molar-refractivity contribution in [1.82, 2.24) is 10.2 Å². The molecule has 0 aliphatic heterocycles. The molecule has 4 heteroatoms. The maximum Gasteiger partial charge on any atom is 0.123 e. The minimum Gasteiger partial charge on any atom is -0.468 e. The van der Waals surface area contributed by atoms with Crippen LogP contribution < -0.4 is 5.32 Å². The molecule has 19 heavy (non-hydrogen) atoms. The molecule has 0 saturated heterocycles. The van der Waals surface area contributed by atoms with E-state index in [1.165, 1.54) is 18.4 Å². The van der Waals surface area contributed by atoms with Gasteiger partial charge in [-0.2, -0.15) is 0 Å². The lowest BCUT2D eigenvalue weighted by atomic mass is 10.2. The Morgan fingerprint density at radius 1 is 1.37 bits per heavy atom. The van der Waals surface area contributed by atoms with Crippen molar-refractivity contribution >= 4 is 0 Å². The van der Waals surface area contributed by atoms with Gasteiger partial charge in [-0.3, -0.25) is 0 Å². The second-order valence-electron chi connectivity index (χ2n) is 5.10. The van der Waals surface area contributed by atoms with Crippen LogP contribution in [0.4, 0.5) is 0 Å². The van der Waals surface area contributed by atoms with Crippen LogP contribution in [0.3, 0.4) is 0 Å². The molecule has 0 bridgehead atoms. The lowest BCUT2D eigenvalue weighted by Crippen LogP contribution is -2.27. The van der Waals surface area contributed by atoms with E-state index < -0.39 is 0 Å². The molecule has 0 aromatic carbocycles. The summed E-state index contributed by atoms with van der Waals surface area (Å²) in [5.41, 5.74) is 1.17. The Labute approximate surface area is 116 Å². The molecule has 0 spiro atoms. The standard InChI is InChI=1S/C15H26N2O2/c1-3-17(4-2)8-10-18-12-13-7-9-19-15(13)11-16-14-5-6-14/h7,9,14,16H,3-6,8,10-12H2,1-2H3. The molecule has 1 saturated carbocycles. The fraction of sp³-hybridized carbons (Fsp3) is 0.733. The molecule has 1 aliphatic rings. The molecular formula is C15H26N2O2. The molecule has 4 nitrogen and oxygen atoms in total. The number of furan rings is 1. The molecule has 2 rings (SSSR count). The third kappa shape index (κ3) is 4.97. The predicted octanol–water partition coefficient (Wildman–Crippen LogP) is 2.39. The average Bonchev–Trinajstić information content (AvgIpc) is 3.16. The number of nitrogens with one attached hydrogen (secondary N) is 1. The molecule has 1 N–H and O–H groups in total. The van der Waals surface area contributed by atoms with E-state index >= 15 is 0 Å². The summed E-state index contributed by atoms with van der Waals surface area (Å²) in [6.07, 6.45) is 4.36. The highest BCUT2D eigenvalue weighted by molar-refractivity contribution is 5.16. The molecule has 1 heterocycles. The number of hydrogen-bond donors (Lipinski definition) is 1. The Balaban J connectivity index is 1.65. The van der Waals surface area contributed by atoms with Gasteiger partial charge in [0.15, 0.2) is 0 Å². The summed E-state index contributed by atoms with van der Waals surface area (Å²) >= 11 is 0. The first-order valence-corrected chi connectivity index (χ1v) is 7.42. The van der Waals surface area contributed by atoms with E-state index in [0.29, 0.717) is 12.6 Å². The Kier molecular flexibility index (Phi) is 5.89. The van der Waals surface area contributed by atoms with E-state index in [1.54, 1.807) is 6.26 Å². The second kappa shape index (κ2) is 7.68. The third-order valence-electron chi connectivity index (χ3n) is 3.67. The normalized spacial score (nSPS) is 15.3. The first kappa shape index (κ1) is 14.6. The van der Waals surface area contributed by atoms with Gasteiger partial charge in [-0.15, -0.1) is 0 Å². The van der Waals surface area contributed by atoms with E-state index in [2.05, 4.69) is 24.1 Å². The molecule has 1 aliphatic carbocycles. The molecule has 1 aromatic rings. The Morgan fingerprint density at radius 3 is 2.84 bits per heavy atom. The minimum atomic E-state index is 0.652. The highest BCUT2D eigenvalue weighted by atomic mass is 16.5. The van der Waals surface area contributed by atoms with Gasteiger partial charge in [0.2, 0.25) is 0 Å². The van der Waals surface area contributed by atoms with Crippen LogP contribution >= 0.6 is 0 Å². The summed E-state index contributed by atoms with van der Waals surface area (Å²) in [7, 11) is 0. The van der Waals surface area contributed by atoms with Gasteiger partial charge in [0, 0.05) is 18.2 Å². The highest BCUT2D eigenvalue weighted by Crippen LogP contribution is 2.20. The van der Waals surface area contributed by atoms with Gasteiger partial charge < -0.3 is 19.4 Å². The minimum absolute atomic E-state index is 0.652. The maximum absolute atomic E-state index is 5.75. The van der Waals surface area contributed by atoms with Crippen LogP contribution in [0.25, 0.3) is 0 Å². The summed E-state index contributed by atoms with van der Waals surface area (Å²) in [5, 5.41) is 3.47. The molecule has 0 amide bonds. The summed E-state index contributed by atoms with van der Waals surface area (Å²) in [6.45, 7) is 9.79. The fourth-order valence-electron chi connectivity index (χ4n) is 2.09. The average molecular weight is 266 g/mol. The van der Waals surface area contributed by atoms with Crippen molar-refractivity contribution in [3.63, 3.8) is 0 Å². The van der Waals surface area contributed by atoms with Gasteiger partial charge in [-0.1, -0.05) is 13.8 Å². The summed E-state index contributed by atoms with van der Waals surface area (Å²) in [6, 6.07) is 2.72. The quantitative estimate of drug-likeness (QED) is 0.660. The van der Waals surface area contributed by atoms with Gasteiger partial charge in [0.05, 0.1) is 26.0 Å². The van der Waals surface area contributed by atoms with Crippen LogP contribution in [-0.2, 0) is 17.9 Å². The fourth-order valence-corrected chi connectivity index (χ4v) is 2.09. The smallest absolute Gasteiger partial charge is 0.123 e. The van der Waals surface area contributed by atoms with Crippen LogP contribution in [0.1, 0.15) is 38.0 Å². The zero-order chi connectivity index (χ0) is 13.5. The highest BCUT2D eigenvalue weighted by Gasteiger charge is 2.21. The Bertz CT molecular complexity index is 357. The largest absolute Gasteiger partial charge is 0.468 e. The number of hydrogen-bond acceptors (Lipinski definition) is 4. The third-order valence-corrected chi connectivity index (χ3v) is 3.67. The first-order chi connectivity index (χ1) is 9.33. The molecule has 0 radical (unpaired) electrons. The maximum atomic E-state index is 5.75. The SMILES string of the molecule is CCN(CC)CCOCc1ccoc1CNC1CC1. The van der Waals surface area contributed by atoms with E-state index in [0.717, 1.165) is 38.5 Å². The van der Waals surface area contributed by atoms with Gasteiger partial charge in [-0.25, -0.2) is 0 Å². The number of ether oxygens (including phenoxy) is 1. The van der Waals surface area contributed by atoms with Crippen molar-refractivity contribution < 1.29 is 9.15 Å². The Morgan fingerprint density at radius 2 is 2.16 bits per heavy atom. The molecule has 108 valence electrons. The molecule has 0 unspecified atom stereocenters. The zero-order valence-electron chi connectivity index (χ0n) is 12.2. The lowest BCUT2D eigenvalue weighted by Gasteiger charge is -2.17. The molecule has 1 aromatic heterocycles. The van der Waals surface area contributed by atoms with Crippen LogP contribution in [0.5, 0.6) is 0 Å². The van der Waals surface area contributed by atoms with E-state index in [9.17, 15) is 0 Å².